The Bertz CT molecular complexity index is 1670. The maximum absolute atomic E-state index is 13.7. The van der Waals surface area contributed by atoms with Gasteiger partial charge in [0.05, 0.1) is 12.6 Å². The Morgan fingerprint density at radius 3 is 2.29 bits per heavy atom. The largest absolute Gasteiger partial charge is 0.444 e. The molecule has 0 saturated carbocycles. The van der Waals surface area contributed by atoms with Crippen LogP contribution in [0.2, 0.25) is 0 Å². The van der Waals surface area contributed by atoms with Gasteiger partial charge in [-0.3, -0.25) is 14.5 Å². The van der Waals surface area contributed by atoms with Crippen molar-refractivity contribution in [1.82, 2.24) is 30.8 Å². The van der Waals surface area contributed by atoms with Crippen molar-refractivity contribution in [1.29, 1.82) is 0 Å². The monoisotopic (exact) mass is 668 g/mol. The lowest BCUT2D eigenvalue weighted by atomic mass is 9.97. The summed E-state index contributed by atoms with van der Waals surface area (Å²) in [7, 11) is 0. The van der Waals surface area contributed by atoms with Crippen molar-refractivity contribution in [3.05, 3.63) is 102 Å². The minimum atomic E-state index is -0.725. The molecular weight excluding hydrogens is 616 g/mol. The SMILES string of the molecule is CC(NC(=O)[C@H](CCCNCC(C)(C)C)NC(=O)c1ccc(CN(Cc2ncc[nH]2)C(=O)OC(C)(C)C)cc1)c1cccc2ccccc12. The van der Waals surface area contributed by atoms with Crippen molar-refractivity contribution in [3.63, 3.8) is 0 Å². The Labute approximate surface area is 290 Å². The average molecular weight is 669 g/mol. The first kappa shape index (κ1) is 37.1. The first-order chi connectivity index (χ1) is 23.2. The number of H-pyrrole nitrogens is 1. The van der Waals surface area contributed by atoms with Crippen LogP contribution in [0, 0.1) is 5.41 Å². The van der Waals surface area contributed by atoms with E-state index in [1.54, 1.807) is 29.4 Å². The third kappa shape index (κ3) is 11.7. The van der Waals surface area contributed by atoms with Crippen molar-refractivity contribution in [2.45, 2.75) is 92.1 Å². The lowest BCUT2D eigenvalue weighted by Crippen LogP contribution is -2.47. The van der Waals surface area contributed by atoms with Crippen molar-refractivity contribution in [2.75, 3.05) is 13.1 Å². The van der Waals surface area contributed by atoms with Crippen molar-refractivity contribution in [3.8, 4) is 0 Å². The summed E-state index contributed by atoms with van der Waals surface area (Å²) in [6.07, 6.45) is 4.07. The van der Waals surface area contributed by atoms with E-state index in [0.717, 1.165) is 35.0 Å². The maximum atomic E-state index is 13.7. The highest BCUT2D eigenvalue weighted by Gasteiger charge is 2.25. The molecule has 0 radical (unpaired) electrons. The molecule has 1 unspecified atom stereocenters. The number of aromatic nitrogens is 2. The van der Waals surface area contributed by atoms with E-state index in [2.05, 4.69) is 64.9 Å². The molecule has 49 heavy (non-hydrogen) atoms. The number of hydrogen-bond donors (Lipinski definition) is 4. The van der Waals surface area contributed by atoms with Crippen LogP contribution in [0.25, 0.3) is 10.8 Å². The number of imidazole rings is 1. The molecule has 1 heterocycles. The van der Waals surface area contributed by atoms with E-state index >= 15 is 0 Å². The van der Waals surface area contributed by atoms with E-state index < -0.39 is 17.7 Å². The van der Waals surface area contributed by atoms with Crippen molar-refractivity contribution < 1.29 is 19.1 Å². The lowest BCUT2D eigenvalue weighted by Gasteiger charge is -2.27. The minimum Gasteiger partial charge on any atom is -0.444 e. The summed E-state index contributed by atoms with van der Waals surface area (Å²) in [6.45, 7) is 16.0. The smallest absolute Gasteiger partial charge is 0.410 e. The molecule has 3 aromatic carbocycles. The Balaban J connectivity index is 1.45. The molecule has 262 valence electrons. The Kier molecular flexibility index (Phi) is 12.6. The number of amides is 3. The van der Waals surface area contributed by atoms with E-state index in [0.29, 0.717) is 24.2 Å². The molecule has 0 spiro atoms. The zero-order chi connectivity index (χ0) is 35.6. The topological polar surface area (TPSA) is 128 Å². The molecule has 0 aliphatic rings. The predicted molar refractivity (Wildman–Crippen MR) is 194 cm³/mol. The van der Waals surface area contributed by atoms with E-state index in [4.69, 9.17) is 4.74 Å². The molecule has 4 aromatic rings. The van der Waals surface area contributed by atoms with Gasteiger partial charge in [0.25, 0.3) is 5.91 Å². The zero-order valence-corrected chi connectivity index (χ0v) is 29.9. The standard InChI is InChI=1S/C39H52N6O4/c1-27(31-15-10-13-29-12-8-9-14-32(29)31)43-36(47)33(16-11-21-40-26-38(2,3)4)44-35(46)30-19-17-28(18-20-30)24-45(25-34-41-22-23-42-34)37(48)49-39(5,6)7/h8-10,12-15,17-20,22-23,27,33,40H,11,16,21,24-26H2,1-7H3,(H,41,42)(H,43,47)(H,44,46)/t27?,33-/m0/s1. The van der Waals surface area contributed by atoms with Crippen LogP contribution in [-0.2, 0) is 22.6 Å². The van der Waals surface area contributed by atoms with Crippen LogP contribution in [0.1, 0.15) is 94.7 Å². The zero-order valence-electron chi connectivity index (χ0n) is 29.9. The molecule has 10 nitrogen and oxygen atoms in total. The molecular formula is C39H52N6O4. The normalized spacial score (nSPS) is 13.0. The van der Waals surface area contributed by atoms with Crippen LogP contribution < -0.4 is 16.0 Å². The molecule has 3 amide bonds. The molecule has 2 atom stereocenters. The Morgan fingerprint density at radius 2 is 1.61 bits per heavy atom. The van der Waals surface area contributed by atoms with Gasteiger partial charge >= 0.3 is 6.09 Å². The quantitative estimate of drug-likeness (QED) is 0.108. The molecule has 4 N–H and O–H groups in total. The van der Waals surface area contributed by atoms with Gasteiger partial charge in [0.2, 0.25) is 5.91 Å². The van der Waals surface area contributed by atoms with Gasteiger partial charge in [-0.25, -0.2) is 9.78 Å². The van der Waals surface area contributed by atoms with Crippen LogP contribution in [-0.4, -0.2) is 57.5 Å². The third-order valence-electron chi connectivity index (χ3n) is 7.91. The molecule has 0 saturated heterocycles. The fourth-order valence-electron chi connectivity index (χ4n) is 5.48. The maximum Gasteiger partial charge on any atom is 0.410 e. The van der Waals surface area contributed by atoms with Gasteiger partial charge in [-0.1, -0.05) is 75.4 Å². The molecule has 0 aliphatic carbocycles. The van der Waals surface area contributed by atoms with E-state index in [-0.39, 0.29) is 36.4 Å². The summed E-state index contributed by atoms with van der Waals surface area (Å²) in [4.78, 5) is 49.1. The number of carbonyl (C=O) groups excluding carboxylic acids is 3. The summed E-state index contributed by atoms with van der Waals surface area (Å²) in [6, 6.07) is 20.2. The van der Waals surface area contributed by atoms with Gasteiger partial charge in [0.15, 0.2) is 0 Å². The number of fused-ring (bicyclic) bond motifs is 1. The lowest BCUT2D eigenvalue weighted by molar-refractivity contribution is -0.123. The fraction of sp³-hybridized carbons (Fsp3) is 0.436. The number of rotatable bonds is 14. The van der Waals surface area contributed by atoms with Crippen LogP contribution in [0.4, 0.5) is 4.79 Å². The summed E-state index contributed by atoms with van der Waals surface area (Å²) in [5, 5.41) is 11.8. The summed E-state index contributed by atoms with van der Waals surface area (Å²) in [5.74, 6) is 0.0634. The molecule has 10 heteroatoms. The number of carbonyl (C=O) groups is 3. The molecule has 0 fully saturated rings. The third-order valence-corrected chi connectivity index (χ3v) is 7.91. The van der Waals surface area contributed by atoms with Gasteiger partial charge in [0.1, 0.15) is 17.5 Å². The fourth-order valence-corrected chi connectivity index (χ4v) is 5.48. The van der Waals surface area contributed by atoms with Gasteiger partial charge in [-0.2, -0.15) is 0 Å². The van der Waals surface area contributed by atoms with Gasteiger partial charge in [-0.05, 0) is 93.1 Å². The second-order valence-corrected chi connectivity index (χ2v) is 14.8. The Morgan fingerprint density at radius 1 is 0.898 bits per heavy atom. The van der Waals surface area contributed by atoms with Gasteiger partial charge < -0.3 is 25.7 Å². The highest BCUT2D eigenvalue weighted by atomic mass is 16.6. The highest BCUT2D eigenvalue weighted by Crippen LogP contribution is 2.24. The van der Waals surface area contributed by atoms with Crippen LogP contribution in [0.3, 0.4) is 0 Å². The summed E-state index contributed by atoms with van der Waals surface area (Å²) >= 11 is 0. The minimum absolute atomic E-state index is 0.147. The highest BCUT2D eigenvalue weighted by molar-refractivity contribution is 5.97. The average Bonchev–Trinajstić information content (AvgIpc) is 3.55. The summed E-state index contributed by atoms with van der Waals surface area (Å²) in [5.41, 5.74) is 1.75. The first-order valence-corrected chi connectivity index (χ1v) is 17.0. The van der Waals surface area contributed by atoms with E-state index in [1.807, 2.05) is 64.1 Å². The van der Waals surface area contributed by atoms with Crippen molar-refractivity contribution >= 4 is 28.7 Å². The van der Waals surface area contributed by atoms with E-state index in [1.165, 1.54) is 0 Å². The predicted octanol–water partition coefficient (Wildman–Crippen LogP) is 6.89. The number of hydrogen-bond acceptors (Lipinski definition) is 6. The number of nitrogens with one attached hydrogen (secondary N) is 4. The second-order valence-electron chi connectivity index (χ2n) is 14.8. The van der Waals surface area contributed by atoms with Crippen LogP contribution in [0.15, 0.2) is 79.1 Å². The first-order valence-electron chi connectivity index (χ1n) is 17.0. The van der Waals surface area contributed by atoms with Gasteiger partial charge in [-0.15, -0.1) is 0 Å². The molecule has 0 aliphatic heterocycles. The van der Waals surface area contributed by atoms with Gasteiger partial charge in [0, 0.05) is 24.5 Å². The van der Waals surface area contributed by atoms with E-state index in [9.17, 15) is 14.4 Å². The summed E-state index contributed by atoms with van der Waals surface area (Å²) < 4.78 is 5.63. The molecule has 0 bridgehead atoms. The number of nitrogens with zero attached hydrogens (tertiary/aromatic N) is 2. The van der Waals surface area contributed by atoms with Crippen LogP contribution in [0.5, 0.6) is 0 Å². The van der Waals surface area contributed by atoms with Crippen molar-refractivity contribution in [2.24, 2.45) is 5.41 Å². The number of benzene rings is 3. The molecule has 1 aromatic heterocycles. The number of aromatic amines is 1. The number of ether oxygens (including phenoxy) is 1. The van der Waals surface area contributed by atoms with Crippen LogP contribution >= 0.6 is 0 Å². The molecule has 4 rings (SSSR count). The second kappa shape index (κ2) is 16.6. The Hall–Kier alpha value is -4.70.